The van der Waals surface area contributed by atoms with E-state index in [1.54, 1.807) is 38.1 Å². The summed E-state index contributed by atoms with van der Waals surface area (Å²) in [5, 5.41) is 21.1. The number of carbonyl (C=O) groups is 1. The molecule has 0 bridgehead atoms. The zero-order valence-corrected chi connectivity index (χ0v) is 9.47. The standard InChI is InChI=1S/C12H17NO3/c1-8(14)6-12(16)13-11-5-3-4-10(7-11)9(2)15/h3-5,7-9,14-15H,6H2,1-2H3,(H,13,16). The molecule has 4 nitrogen and oxygen atoms in total. The number of amides is 1. The number of benzene rings is 1. The lowest BCUT2D eigenvalue weighted by Gasteiger charge is -2.09. The van der Waals surface area contributed by atoms with E-state index < -0.39 is 12.2 Å². The van der Waals surface area contributed by atoms with Gasteiger partial charge in [0.2, 0.25) is 5.91 Å². The van der Waals surface area contributed by atoms with Gasteiger partial charge in [0.05, 0.1) is 18.6 Å². The lowest BCUT2D eigenvalue weighted by molar-refractivity contribution is -0.117. The molecule has 0 aliphatic rings. The van der Waals surface area contributed by atoms with Crippen molar-refractivity contribution in [3.63, 3.8) is 0 Å². The Morgan fingerprint density at radius 3 is 2.62 bits per heavy atom. The maximum Gasteiger partial charge on any atom is 0.226 e. The number of carbonyl (C=O) groups excluding carboxylic acids is 1. The summed E-state index contributed by atoms with van der Waals surface area (Å²) in [7, 11) is 0. The van der Waals surface area contributed by atoms with Gasteiger partial charge < -0.3 is 15.5 Å². The number of anilines is 1. The Kier molecular flexibility index (Phi) is 4.46. The van der Waals surface area contributed by atoms with Gasteiger partial charge in [-0.05, 0) is 31.5 Å². The lowest BCUT2D eigenvalue weighted by Crippen LogP contribution is -2.17. The summed E-state index contributed by atoms with van der Waals surface area (Å²) >= 11 is 0. The molecule has 2 atom stereocenters. The Hall–Kier alpha value is -1.39. The molecule has 2 unspecified atom stereocenters. The van der Waals surface area contributed by atoms with Crippen molar-refractivity contribution in [2.24, 2.45) is 0 Å². The van der Waals surface area contributed by atoms with E-state index in [2.05, 4.69) is 5.32 Å². The molecular weight excluding hydrogens is 206 g/mol. The van der Waals surface area contributed by atoms with Crippen LogP contribution in [0.5, 0.6) is 0 Å². The molecule has 0 heterocycles. The Balaban J connectivity index is 2.67. The van der Waals surface area contributed by atoms with Crippen LogP contribution in [0.1, 0.15) is 31.9 Å². The molecule has 4 heteroatoms. The predicted octanol–water partition coefficient (Wildman–Crippen LogP) is 1.45. The first-order valence-electron chi connectivity index (χ1n) is 5.25. The Labute approximate surface area is 94.9 Å². The van der Waals surface area contributed by atoms with E-state index in [1.165, 1.54) is 0 Å². The van der Waals surface area contributed by atoms with Crippen LogP contribution in [-0.2, 0) is 4.79 Å². The largest absolute Gasteiger partial charge is 0.393 e. The van der Waals surface area contributed by atoms with Gasteiger partial charge in [-0.3, -0.25) is 4.79 Å². The second-order valence-corrected chi connectivity index (χ2v) is 3.90. The molecule has 0 aliphatic heterocycles. The summed E-state index contributed by atoms with van der Waals surface area (Å²) in [6.45, 7) is 3.22. The van der Waals surface area contributed by atoms with Crippen LogP contribution in [0.2, 0.25) is 0 Å². The van der Waals surface area contributed by atoms with Crippen LogP contribution in [0.3, 0.4) is 0 Å². The normalized spacial score (nSPS) is 14.2. The third-order valence-electron chi connectivity index (χ3n) is 2.13. The maximum absolute atomic E-state index is 11.4. The van der Waals surface area contributed by atoms with Crippen LogP contribution < -0.4 is 5.32 Å². The van der Waals surface area contributed by atoms with Crippen LogP contribution in [0, 0.1) is 0 Å². The van der Waals surface area contributed by atoms with Crippen molar-refractivity contribution in [1.29, 1.82) is 0 Å². The number of aliphatic hydroxyl groups is 2. The molecule has 0 saturated heterocycles. The van der Waals surface area contributed by atoms with Gasteiger partial charge in [-0.25, -0.2) is 0 Å². The predicted molar refractivity (Wildman–Crippen MR) is 62.0 cm³/mol. The van der Waals surface area contributed by atoms with Crippen LogP contribution >= 0.6 is 0 Å². The van der Waals surface area contributed by atoms with Crippen molar-refractivity contribution in [3.05, 3.63) is 29.8 Å². The third kappa shape index (κ3) is 4.00. The van der Waals surface area contributed by atoms with Crippen molar-refractivity contribution >= 4 is 11.6 Å². The molecule has 0 spiro atoms. The minimum Gasteiger partial charge on any atom is -0.393 e. The molecule has 0 radical (unpaired) electrons. The van der Waals surface area contributed by atoms with E-state index in [-0.39, 0.29) is 12.3 Å². The van der Waals surface area contributed by atoms with Gasteiger partial charge in [-0.2, -0.15) is 0 Å². The lowest BCUT2D eigenvalue weighted by atomic mass is 10.1. The molecule has 88 valence electrons. The highest BCUT2D eigenvalue weighted by molar-refractivity contribution is 5.91. The number of nitrogens with one attached hydrogen (secondary N) is 1. The average molecular weight is 223 g/mol. The zero-order chi connectivity index (χ0) is 12.1. The van der Waals surface area contributed by atoms with Crippen LogP contribution in [-0.4, -0.2) is 22.2 Å². The molecule has 0 fully saturated rings. The quantitative estimate of drug-likeness (QED) is 0.723. The fourth-order valence-electron chi connectivity index (χ4n) is 1.36. The third-order valence-corrected chi connectivity index (χ3v) is 2.13. The summed E-state index contributed by atoms with van der Waals surface area (Å²) in [5.74, 6) is -0.238. The van der Waals surface area contributed by atoms with Crippen molar-refractivity contribution in [2.45, 2.75) is 32.5 Å². The number of rotatable bonds is 4. The van der Waals surface area contributed by atoms with Gasteiger partial charge in [0.1, 0.15) is 0 Å². The zero-order valence-electron chi connectivity index (χ0n) is 9.47. The molecular formula is C12H17NO3. The summed E-state index contributed by atoms with van der Waals surface area (Å²) in [5.41, 5.74) is 1.37. The van der Waals surface area contributed by atoms with Gasteiger partial charge in [0.15, 0.2) is 0 Å². The minimum atomic E-state index is -0.653. The molecule has 0 saturated carbocycles. The Morgan fingerprint density at radius 2 is 2.06 bits per heavy atom. The average Bonchev–Trinajstić information content (AvgIpc) is 2.16. The van der Waals surface area contributed by atoms with Gasteiger partial charge in [-0.15, -0.1) is 0 Å². The molecule has 1 rings (SSSR count). The Bertz CT molecular complexity index is 361. The molecule has 3 N–H and O–H groups in total. The van der Waals surface area contributed by atoms with E-state index >= 15 is 0 Å². The highest BCUT2D eigenvalue weighted by Gasteiger charge is 2.07. The fraction of sp³-hybridized carbons (Fsp3) is 0.417. The van der Waals surface area contributed by atoms with Gasteiger partial charge in [0.25, 0.3) is 0 Å². The summed E-state index contributed by atoms with van der Waals surface area (Å²) in [6, 6.07) is 7.01. The van der Waals surface area contributed by atoms with E-state index in [4.69, 9.17) is 5.11 Å². The monoisotopic (exact) mass is 223 g/mol. The van der Waals surface area contributed by atoms with Crippen molar-refractivity contribution in [1.82, 2.24) is 0 Å². The van der Waals surface area contributed by atoms with E-state index in [9.17, 15) is 9.90 Å². The Morgan fingerprint density at radius 1 is 1.38 bits per heavy atom. The summed E-state index contributed by atoms with van der Waals surface area (Å²) in [6.07, 6.45) is -1.15. The van der Waals surface area contributed by atoms with Crippen molar-refractivity contribution in [3.8, 4) is 0 Å². The van der Waals surface area contributed by atoms with Crippen molar-refractivity contribution in [2.75, 3.05) is 5.32 Å². The second kappa shape index (κ2) is 5.63. The number of hydrogen-bond acceptors (Lipinski definition) is 3. The van der Waals surface area contributed by atoms with Gasteiger partial charge in [-0.1, -0.05) is 12.1 Å². The van der Waals surface area contributed by atoms with Crippen molar-refractivity contribution < 1.29 is 15.0 Å². The maximum atomic E-state index is 11.4. The first-order valence-corrected chi connectivity index (χ1v) is 5.25. The summed E-state index contributed by atoms with van der Waals surface area (Å²) in [4.78, 5) is 11.4. The first-order chi connectivity index (χ1) is 7.49. The molecule has 0 aliphatic carbocycles. The smallest absolute Gasteiger partial charge is 0.226 e. The van der Waals surface area contributed by atoms with Crippen LogP contribution in [0.4, 0.5) is 5.69 Å². The van der Waals surface area contributed by atoms with Gasteiger partial charge in [0, 0.05) is 5.69 Å². The fourth-order valence-corrected chi connectivity index (χ4v) is 1.36. The topological polar surface area (TPSA) is 69.6 Å². The summed E-state index contributed by atoms with van der Waals surface area (Å²) < 4.78 is 0. The molecule has 0 aromatic heterocycles. The molecule has 16 heavy (non-hydrogen) atoms. The van der Waals surface area contributed by atoms with E-state index in [1.807, 2.05) is 0 Å². The van der Waals surface area contributed by atoms with Crippen LogP contribution in [0.15, 0.2) is 24.3 Å². The van der Waals surface area contributed by atoms with E-state index in [0.717, 1.165) is 5.56 Å². The highest BCUT2D eigenvalue weighted by atomic mass is 16.3. The molecule has 1 aromatic carbocycles. The van der Waals surface area contributed by atoms with Crippen LogP contribution in [0.25, 0.3) is 0 Å². The van der Waals surface area contributed by atoms with E-state index in [0.29, 0.717) is 5.69 Å². The number of aliphatic hydroxyl groups excluding tert-OH is 2. The second-order valence-electron chi connectivity index (χ2n) is 3.90. The minimum absolute atomic E-state index is 0.0684. The molecule has 1 amide bonds. The highest BCUT2D eigenvalue weighted by Crippen LogP contribution is 2.17. The first kappa shape index (κ1) is 12.7. The SMILES string of the molecule is CC(O)CC(=O)Nc1cccc(C(C)O)c1. The van der Waals surface area contributed by atoms with Gasteiger partial charge >= 0.3 is 0 Å². The number of hydrogen-bond donors (Lipinski definition) is 3. The molecule has 1 aromatic rings.